The van der Waals surface area contributed by atoms with Crippen LogP contribution < -0.4 is 15.8 Å². The molecule has 0 spiro atoms. The second-order valence-electron chi connectivity index (χ2n) is 5.46. The smallest absolute Gasteiger partial charge is 0.265 e. The van der Waals surface area contributed by atoms with Crippen molar-refractivity contribution in [3.63, 3.8) is 0 Å². The first-order chi connectivity index (χ1) is 10.9. The molecule has 0 aromatic heterocycles. The lowest BCUT2D eigenvalue weighted by molar-refractivity contribution is -0.122. The number of amides is 2. The summed E-state index contributed by atoms with van der Waals surface area (Å²) >= 11 is 0. The Morgan fingerprint density at radius 1 is 1.09 bits per heavy atom. The normalized spacial score (nSPS) is 11.6. The third-order valence-electron chi connectivity index (χ3n) is 3.44. The first kappa shape index (κ1) is 16.5. The molecule has 0 aliphatic rings. The molecule has 0 aliphatic heterocycles. The van der Waals surface area contributed by atoms with Crippen LogP contribution >= 0.6 is 0 Å². The van der Waals surface area contributed by atoms with Crippen molar-refractivity contribution >= 4 is 17.5 Å². The average molecular weight is 312 g/mol. The van der Waals surface area contributed by atoms with Crippen LogP contribution in [0.15, 0.2) is 42.5 Å². The zero-order valence-electron chi connectivity index (χ0n) is 13.4. The van der Waals surface area contributed by atoms with E-state index in [4.69, 9.17) is 10.5 Å². The quantitative estimate of drug-likeness (QED) is 0.890. The van der Waals surface area contributed by atoms with E-state index in [-0.39, 0.29) is 5.91 Å². The van der Waals surface area contributed by atoms with Crippen LogP contribution in [0.2, 0.25) is 0 Å². The molecule has 0 unspecified atom stereocenters. The van der Waals surface area contributed by atoms with E-state index in [2.05, 4.69) is 5.32 Å². The summed E-state index contributed by atoms with van der Waals surface area (Å²) in [4.78, 5) is 23.2. The second kappa shape index (κ2) is 6.96. The molecule has 0 heterocycles. The van der Waals surface area contributed by atoms with Gasteiger partial charge in [-0.3, -0.25) is 9.59 Å². The first-order valence-corrected chi connectivity index (χ1v) is 7.31. The molecular weight excluding hydrogens is 292 g/mol. The number of nitrogens with two attached hydrogens (primary N) is 1. The lowest BCUT2D eigenvalue weighted by atomic mass is 10.1. The van der Waals surface area contributed by atoms with E-state index in [0.717, 1.165) is 11.1 Å². The minimum Gasteiger partial charge on any atom is -0.481 e. The van der Waals surface area contributed by atoms with Gasteiger partial charge in [0, 0.05) is 11.3 Å². The molecule has 2 amide bonds. The van der Waals surface area contributed by atoms with Crippen LogP contribution in [0, 0.1) is 13.8 Å². The lowest BCUT2D eigenvalue weighted by Gasteiger charge is -2.16. The highest BCUT2D eigenvalue weighted by Gasteiger charge is 2.16. The number of primary amides is 1. The molecule has 3 N–H and O–H groups in total. The largest absolute Gasteiger partial charge is 0.481 e. The van der Waals surface area contributed by atoms with E-state index in [1.54, 1.807) is 31.2 Å². The van der Waals surface area contributed by atoms with Crippen LogP contribution in [0.3, 0.4) is 0 Å². The van der Waals surface area contributed by atoms with Gasteiger partial charge in [-0.25, -0.2) is 0 Å². The molecule has 1 atom stereocenters. The van der Waals surface area contributed by atoms with Crippen molar-refractivity contribution in [3.8, 4) is 5.75 Å². The monoisotopic (exact) mass is 312 g/mol. The number of carbonyl (C=O) groups excluding carboxylic acids is 2. The molecule has 0 fully saturated rings. The summed E-state index contributed by atoms with van der Waals surface area (Å²) in [7, 11) is 0. The molecule has 0 saturated heterocycles. The number of carbonyl (C=O) groups is 2. The molecule has 2 aromatic rings. The maximum atomic E-state index is 12.2. The predicted molar refractivity (Wildman–Crippen MR) is 89.6 cm³/mol. The van der Waals surface area contributed by atoms with E-state index >= 15 is 0 Å². The number of nitrogens with one attached hydrogen (secondary N) is 1. The molecule has 120 valence electrons. The van der Waals surface area contributed by atoms with Crippen molar-refractivity contribution in [3.05, 3.63) is 59.2 Å². The van der Waals surface area contributed by atoms with Crippen LogP contribution in [-0.2, 0) is 4.79 Å². The summed E-state index contributed by atoms with van der Waals surface area (Å²) < 4.78 is 5.71. The molecule has 5 heteroatoms. The van der Waals surface area contributed by atoms with Crippen LogP contribution in [-0.4, -0.2) is 17.9 Å². The first-order valence-electron chi connectivity index (χ1n) is 7.31. The average Bonchev–Trinajstić information content (AvgIpc) is 2.50. The van der Waals surface area contributed by atoms with Crippen LogP contribution in [0.1, 0.15) is 28.4 Å². The molecule has 2 rings (SSSR count). The maximum Gasteiger partial charge on any atom is 0.265 e. The summed E-state index contributed by atoms with van der Waals surface area (Å²) in [5.74, 6) is -0.0893. The highest BCUT2D eigenvalue weighted by atomic mass is 16.5. The van der Waals surface area contributed by atoms with Gasteiger partial charge in [-0.15, -0.1) is 0 Å². The fourth-order valence-corrected chi connectivity index (χ4v) is 2.14. The van der Waals surface area contributed by atoms with Gasteiger partial charge in [0.15, 0.2) is 6.10 Å². The Balaban J connectivity index is 2.00. The molecule has 5 nitrogen and oxygen atoms in total. The zero-order chi connectivity index (χ0) is 17.0. The fourth-order valence-electron chi connectivity index (χ4n) is 2.14. The Hall–Kier alpha value is -2.82. The van der Waals surface area contributed by atoms with Crippen molar-refractivity contribution in [1.29, 1.82) is 0 Å². The Bertz CT molecular complexity index is 724. The maximum absolute atomic E-state index is 12.2. The third kappa shape index (κ3) is 4.32. The fraction of sp³-hybridized carbons (Fsp3) is 0.222. The number of hydrogen-bond acceptors (Lipinski definition) is 3. The van der Waals surface area contributed by atoms with Gasteiger partial charge in [0.25, 0.3) is 5.91 Å². The van der Waals surface area contributed by atoms with Crippen LogP contribution in [0.25, 0.3) is 0 Å². The Morgan fingerprint density at radius 2 is 1.74 bits per heavy atom. The molecule has 0 radical (unpaired) electrons. The van der Waals surface area contributed by atoms with E-state index in [1.807, 2.05) is 32.0 Å². The Kier molecular flexibility index (Phi) is 5.01. The molecule has 23 heavy (non-hydrogen) atoms. The number of rotatable bonds is 5. The number of hydrogen-bond donors (Lipinski definition) is 2. The lowest BCUT2D eigenvalue weighted by Crippen LogP contribution is -2.30. The van der Waals surface area contributed by atoms with E-state index in [1.165, 1.54) is 0 Å². The molecule has 0 bridgehead atoms. The highest BCUT2D eigenvalue weighted by molar-refractivity contribution is 5.96. The summed E-state index contributed by atoms with van der Waals surface area (Å²) in [6, 6.07) is 12.2. The standard InChI is InChI=1S/C18H20N2O3/c1-11-4-9-16(12(2)10-11)23-13(3)18(22)20-15-7-5-14(6-8-15)17(19)21/h4-10,13H,1-3H3,(H2,19,21)(H,20,22)/t13-/m1/s1. The van der Waals surface area contributed by atoms with E-state index < -0.39 is 12.0 Å². The van der Waals surface area contributed by atoms with E-state index in [0.29, 0.717) is 17.0 Å². The van der Waals surface area contributed by atoms with Gasteiger partial charge in [0.1, 0.15) is 5.75 Å². The van der Waals surface area contributed by atoms with Crippen LogP contribution in [0.5, 0.6) is 5.75 Å². The molecule has 0 aliphatic carbocycles. The van der Waals surface area contributed by atoms with Gasteiger partial charge in [-0.2, -0.15) is 0 Å². The molecular formula is C18H20N2O3. The minimum absolute atomic E-state index is 0.267. The van der Waals surface area contributed by atoms with Crippen LogP contribution in [0.4, 0.5) is 5.69 Å². The molecule has 2 aromatic carbocycles. The van der Waals surface area contributed by atoms with Crippen molar-refractivity contribution in [2.45, 2.75) is 26.9 Å². The topological polar surface area (TPSA) is 81.4 Å². The number of aryl methyl sites for hydroxylation is 2. The number of anilines is 1. The zero-order valence-corrected chi connectivity index (χ0v) is 13.4. The van der Waals surface area contributed by atoms with Gasteiger partial charge in [-0.1, -0.05) is 17.7 Å². The van der Waals surface area contributed by atoms with Crippen molar-refractivity contribution in [2.24, 2.45) is 5.73 Å². The van der Waals surface area contributed by atoms with Gasteiger partial charge in [0.2, 0.25) is 5.91 Å². The number of ether oxygens (including phenoxy) is 1. The van der Waals surface area contributed by atoms with Gasteiger partial charge < -0.3 is 15.8 Å². The van der Waals surface area contributed by atoms with Crippen molar-refractivity contribution in [2.75, 3.05) is 5.32 Å². The minimum atomic E-state index is -0.646. The van der Waals surface area contributed by atoms with E-state index in [9.17, 15) is 9.59 Å². The SMILES string of the molecule is Cc1ccc(O[C@H](C)C(=O)Nc2ccc(C(N)=O)cc2)c(C)c1. The summed E-state index contributed by atoms with van der Waals surface area (Å²) in [5, 5.41) is 2.74. The summed E-state index contributed by atoms with van der Waals surface area (Å²) in [6.45, 7) is 5.63. The Morgan fingerprint density at radius 3 is 2.30 bits per heavy atom. The Labute approximate surface area is 135 Å². The van der Waals surface area contributed by atoms with Gasteiger partial charge >= 0.3 is 0 Å². The molecule has 0 saturated carbocycles. The van der Waals surface area contributed by atoms with Gasteiger partial charge in [-0.05, 0) is 56.7 Å². The third-order valence-corrected chi connectivity index (χ3v) is 3.44. The highest BCUT2D eigenvalue weighted by Crippen LogP contribution is 2.20. The predicted octanol–water partition coefficient (Wildman–Crippen LogP) is 2.81. The second-order valence-corrected chi connectivity index (χ2v) is 5.46. The summed E-state index contributed by atoms with van der Waals surface area (Å²) in [6.07, 6.45) is -0.646. The summed E-state index contributed by atoms with van der Waals surface area (Å²) in [5.41, 5.74) is 8.27. The van der Waals surface area contributed by atoms with Gasteiger partial charge in [0.05, 0.1) is 0 Å². The van der Waals surface area contributed by atoms with Crippen molar-refractivity contribution < 1.29 is 14.3 Å². The van der Waals surface area contributed by atoms with Crippen molar-refractivity contribution in [1.82, 2.24) is 0 Å². The number of benzene rings is 2.